The molecule has 0 spiro atoms. The SMILES string of the molecule is C\C=C/C=C/C=C/n1ccc([C@@H]2CCCN2C(=O)C[C@H](N)Cc2ccccc2F)n1. The lowest BCUT2D eigenvalue weighted by atomic mass is 10.0. The number of hydrogen-bond donors (Lipinski definition) is 1. The van der Waals surface area contributed by atoms with Gasteiger partial charge in [0, 0.05) is 31.4 Å². The van der Waals surface area contributed by atoms with Crippen LogP contribution in [0, 0.1) is 5.82 Å². The number of carbonyl (C=O) groups excluding carboxylic acids is 1. The van der Waals surface area contributed by atoms with Crippen LogP contribution >= 0.6 is 0 Å². The largest absolute Gasteiger partial charge is 0.334 e. The summed E-state index contributed by atoms with van der Waals surface area (Å²) in [5.41, 5.74) is 7.59. The Morgan fingerprint density at radius 3 is 2.87 bits per heavy atom. The Labute approximate surface area is 177 Å². The fourth-order valence-electron chi connectivity index (χ4n) is 3.72. The first-order valence-electron chi connectivity index (χ1n) is 10.4. The van der Waals surface area contributed by atoms with E-state index in [1.165, 1.54) is 6.07 Å². The van der Waals surface area contributed by atoms with Gasteiger partial charge >= 0.3 is 0 Å². The molecule has 2 heterocycles. The highest BCUT2D eigenvalue weighted by molar-refractivity contribution is 5.77. The molecular weight excluding hydrogens is 379 g/mol. The first-order valence-corrected chi connectivity index (χ1v) is 10.4. The molecule has 1 aliphatic heterocycles. The van der Waals surface area contributed by atoms with Crippen molar-refractivity contribution in [2.75, 3.05) is 6.54 Å². The van der Waals surface area contributed by atoms with E-state index < -0.39 is 6.04 Å². The van der Waals surface area contributed by atoms with Gasteiger partial charge in [-0.2, -0.15) is 5.10 Å². The Bertz CT molecular complexity index is 931. The van der Waals surface area contributed by atoms with Gasteiger partial charge in [-0.15, -0.1) is 0 Å². The number of likely N-dealkylation sites (tertiary alicyclic amines) is 1. The normalized spacial score (nSPS) is 18.2. The molecule has 2 atom stereocenters. The van der Waals surface area contributed by atoms with Crippen LogP contribution in [0.1, 0.15) is 43.5 Å². The molecule has 6 heteroatoms. The number of rotatable bonds is 8. The van der Waals surface area contributed by atoms with Crippen molar-refractivity contribution in [1.29, 1.82) is 0 Å². The van der Waals surface area contributed by atoms with E-state index in [9.17, 15) is 9.18 Å². The molecule has 2 aromatic rings. The molecule has 1 amide bonds. The highest BCUT2D eigenvalue weighted by Gasteiger charge is 2.32. The molecule has 1 aliphatic rings. The van der Waals surface area contributed by atoms with Gasteiger partial charge in [0.1, 0.15) is 5.82 Å². The van der Waals surface area contributed by atoms with Crippen LogP contribution in [0.15, 0.2) is 66.9 Å². The number of allylic oxidation sites excluding steroid dienone is 5. The van der Waals surface area contributed by atoms with Gasteiger partial charge in [-0.05, 0) is 50.0 Å². The van der Waals surface area contributed by atoms with Crippen molar-refractivity contribution in [3.05, 3.63) is 84.0 Å². The van der Waals surface area contributed by atoms with Crippen LogP contribution in [0.25, 0.3) is 6.20 Å². The minimum Gasteiger partial charge on any atom is -0.334 e. The Morgan fingerprint density at radius 2 is 2.07 bits per heavy atom. The average Bonchev–Trinajstić information content (AvgIpc) is 3.39. The smallest absolute Gasteiger partial charge is 0.224 e. The molecule has 1 aromatic carbocycles. The molecule has 0 bridgehead atoms. The predicted octanol–water partition coefficient (Wildman–Crippen LogP) is 4.25. The zero-order valence-corrected chi connectivity index (χ0v) is 17.3. The van der Waals surface area contributed by atoms with Crippen LogP contribution < -0.4 is 5.73 Å². The maximum Gasteiger partial charge on any atom is 0.224 e. The maximum atomic E-state index is 13.8. The fraction of sp³-hybridized carbons (Fsp3) is 0.333. The molecule has 1 fully saturated rings. The second-order valence-electron chi connectivity index (χ2n) is 7.48. The van der Waals surface area contributed by atoms with Crippen LogP contribution in [0.5, 0.6) is 0 Å². The summed E-state index contributed by atoms with van der Waals surface area (Å²) in [6.07, 6.45) is 15.8. The molecule has 0 radical (unpaired) electrons. The second kappa shape index (κ2) is 10.7. The summed E-state index contributed by atoms with van der Waals surface area (Å²) in [5.74, 6) is -0.278. The fourth-order valence-corrected chi connectivity index (χ4v) is 3.72. The topological polar surface area (TPSA) is 64.2 Å². The Balaban J connectivity index is 1.60. The van der Waals surface area contributed by atoms with Crippen molar-refractivity contribution in [3.8, 4) is 0 Å². The zero-order chi connectivity index (χ0) is 21.3. The minimum atomic E-state index is -0.417. The number of nitrogens with two attached hydrogens (primary N) is 1. The van der Waals surface area contributed by atoms with E-state index in [0.717, 1.165) is 18.5 Å². The van der Waals surface area contributed by atoms with Crippen molar-refractivity contribution in [1.82, 2.24) is 14.7 Å². The van der Waals surface area contributed by atoms with Gasteiger partial charge < -0.3 is 10.6 Å². The minimum absolute atomic E-state index is 0.000664. The molecule has 158 valence electrons. The maximum absolute atomic E-state index is 13.8. The van der Waals surface area contributed by atoms with Crippen LogP contribution in [0.3, 0.4) is 0 Å². The molecule has 0 aliphatic carbocycles. The number of amides is 1. The summed E-state index contributed by atoms with van der Waals surface area (Å²) in [6, 6.07) is 8.07. The lowest BCUT2D eigenvalue weighted by Crippen LogP contribution is -2.36. The van der Waals surface area contributed by atoms with Gasteiger partial charge in [0.25, 0.3) is 0 Å². The van der Waals surface area contributed by atoms with E-state index in [1.807, 2.05) is 60.7 Å². The third kappa shape index (κ3) is 5.76. The number of halogens is 1. The summed E-state index contributed by atoms with van der Waals surface area (Å²) in [7, 11) is 0. The number of benzene rings is 1. The third-order valence-electron chi connectivity index (χ3n) is 5.18. The molecule has 1 aromatic heterocycles. The van der Waals surface area contributed by atoms with Gasteiger partial charge in [0.15, 0.2) is 0 Å². The second-order valence-corrected chi connectivity index (χ2v) is 7.48. The van der Waals surface area contributed by atoms with Crippen LogP contribution in [0.2, 0.25) is 0 Å². The van der Waals surface area contributed by atoms with Crippen molar-refractivity contribution < 1.29 is 9.18 Å². The van der Waals surface area contributed by atoms with Crippen LogP contribution in [-0.2, 0) is 11.2 Å². The molecule has 1 saturated heterocycles. The molecular formula is C24H29FN4O. The third-order valence-corrected chi connectivity index (χ3v) is 5.18. The van der Waals surface area contributed by atoms with Gasteiger partial charge in [-0.1, -0.05) is 42.5 Å². The van der Waals surface area contributed by atoms with Crippen LogP contribution in [0.4, 0.5) is 4.39 Å². The molecule has 0 saturated carbocycles. The van der Waals surface area contributed by atoms with Crippen molar-refractivity contribution in [3.63, 3.8) is 0 Å². The average molecular weight is 409 g/mol. The first kappa shape index (κ1) is 21.7. The summed E-state index contributed by atoms with van der Waals surface area (Å²) in [6.45, 7) is 2.67. The van der Waals surface area contributed by atoms with E-state index in [1.54, 1.807) is 22.9 Å². The van der Waals surface area contributed by atoms with Gasteiger partial charge in [0.2, 0.25) is 5.91 Å². The number of hydrogen-bond acceptors (Lipinski definition) is 3. The van der Waals surface area contributed by atoms with Gasteiger partial charge in [-0.3, -0.25) is 4.79 Å². The van der Waals surface area contributed by atoms with Crippen LogP contribution in [-0.4, -0.2) is 33.2 Å². The highest BCUT2D eigenvalue weighted by Crippen LogP contribution is 2.31. The molecule has 5 nitrogen and oxygen atoms in total. The lowest BCUT2D eigenvalue weighted by molar-refractivity contribution is -0.132. The summed E-state index contributed by atoms with van der Waals surface area (Å²) < 4.78 is 15.6. The van der Waals surface area contributed by atoms with E-state index in [4.69, 9.17) is 5.73 Å². The number of nitrogens with zero attached hydrogens (tertiary/aromatic N) is 3. The monoisotopic (exact) mass is 408 g/mol. The molecule has 0 unspecified atom stereocenters. The number of aromatic nitrogens is 2. The Morgan fingerprint density at radius 1 is 1.27 bits per heavy atom. The zero-order valence-electron chi connectivity index (χ0n) is 17.3. The van der Waals surface area contributed by atoms with Gasteiger partial charge in [0.05, 0.1) is 11.7 Å². The van der Waals surface area contributed by atoms with E-state index >= 15 is 0 Å². The summed E-state index contributed by atoms with van der Waals surface area (Å²) >= 11 is 0. The Hall–Kier alpha value is -2.99. The molecule has 3 rings (SSSR count). The first-order chi connectivity index (χ1) is 14.6. The predicted molar refractivity (Wildman–Crippen MR) is 118 cm³/mol. The standard InChI is InChI=1S/C24H29FN4O/c1-2-3-4-5-8-14-28-16-13-22(27-28)23-12-9-15-29(23)24(30)18-20(26)17-19-10-6-7-11-21(19)25/h2-8,10-11,13-14,16,20,23H,9,12,15,17-18,26H2,1H3/b3-2-,5-4+,14-8+/t20-,23+/m1/s1. The lowest BCUT2D eigenvalue weighted by Gasteiger charge is -2.25. The quantitative estimate of drug-likeness (QED) is 0.664. The highest BCUT2D eigenvalue weighted by atomic mass is 19.1. The van der Waals surface area contributed by atoms with Gasteiger partial charge in [-0.25, -0.2) is 9.07 Å². The van der Waals surface area contributed by atoms with Crippen molar-refractivity contribution in [2.45, 2.75) is 44.7 Å². The van der Waals surface area contributed by atoms with E-state index in [2.05, 4.69) is 5.10 Å². The Kier molecular flexibility index (Phi) is 7.74. The van der Waals surface area contributed by atoms with Crippen molar-refractivity contribution >= 4 is 12.1 Å². The molecule has 2 N–H and O–H groups in total. The van der Waals surface area contributed by atoms with Crippen molar-refractivity contribution in [2.24, 2.45) is 5.73 Å². The molecule has 30 heavy (non-hydrogen) atoms. The van der Waals surface area contributed by atoms with E-state index in [-0.39, 0.29) is 24.2 Å². The summed E-state index contributed by atoms with van der Waals surface area (Å²) in [4.78, 5) is 14.7. The van der Waals surface area contributed by atoms with E-state index in [0.29, 0.717) is 18.5 Å². The number of carbonyl (C=O) groups is 1. The summed E-state index contributed by atoms with van der Waals surface area (Å²) in [5, 5.41) is 4.60.